The Morgan fingerprint density at radius 3 is 2.54 bits per heavy atom. The monoisotopic (exact) mass is 681 g/mol. The molecule has 11 nitrogen and oxygen atoms in total. The molecule has 6 rings (SSSR count). The van der Waals surface area contributed by atoms with Crippen molar-refractivity contribution in [3.05, 3.63) is 94.8 Å². The van der Waals surface area contributed by atoms with Gasteiger partial charge in [-0.3, -0.25) is 29.9 Å². The number of rotatable bonds is 9. The van der Waals surface area contributed by atoms with Gasteiger partial charge in [0.05, 0.1) is 17.7 Å². The van der Waals surface area contributed by atoms with Gasteiger partial charge in [-0.05, 0) is 67.3 Å². The van der Waals surface area contributed by atoms with Gasteiger partial charge in [-0.25, -0.2) is 4.99 Å². The summed E-state index contributed by atoms with van der Waals surface area (Å²) in [6, 6.07) is 15.6. The maximum atomic E-state index is 13.9. The zero-order valence-electron chi connectivity index (χ0n) is 28.2. The normalized spacial score (nSPS) is 20.3. The van der Waals surface area contributed by atoms with Crippen LogP contribution in [0.1, 0.15) is 54.1 Å². The number of nitrogens with zero attached hydrogens (tertiary/aromatic N) is 6. The lowest BCUT2D eigenvalue weighted by Gasteiger charge is -2.29. The number of anilines is 2. The van der Waals surface area contributed by atoms with Gasteiger partial charge >= 0.3 is 0 Å². The summed E-state index contributed by atoms with van der Waals surface area (Å²) >= 11 is 0. The average molecular weight is 682 g/mol. The van der Waals surface area contributed by atoms with E-state index in [1.807, 2.05) is 29.2 Å². The van der Waals surface area contributed by atoms with Crippen LogP contribution < -0.4 is 16.4 Å². The molecule has 50 heavy (non-hydrogen) atoms. The quantitative estimate of drug-likeness (QED) is 0.174. The molecule has 0 aliphatic carbocycles. The standard InChI is InChI=1S/C37H41F2N9O2/c1-36(38,39)31-19-27(9-14-44-31)33(41)29-20-28(7-8-30(29)40)48-18-13-37(35(48)50)12-17-46(22-37)21-32(49)47-15-10-25(11-16-47)24-3-5-26(6-4-24)34(42)45-23-43-2/h3-10,14,19-20,23,41H,11-13,15-18,21-22,40H2,1-2H3,(H2,42,43,45)/t37-/m0/s1. The summed E-state index contributed by atoms with van der Waals surface area (Å²) in [6.07, 6.45) is 6.79. The van der Waals surface area contributed by atoms with Crippen molar-refractivity contribution in [1.82, 2.24) is 14.8 Å². The smallest absolute Gasteiger partial charge is 0.286 e. The van der Waals surface area contributed by atoms with E-state index in [1.54, 1.807) is 30.1 Å². The van der Waals surface area contributed by atoms with Crippen LogP contribution in [0.4, 0.5) is 20.2 Å². The van der Waals surface area contributed by atoms with Crippen molar-refractivity contribution in [2.75, 3.05) is 56.9 Å². The first kappa shape index (κ1) is 34.6. The molecule has 0 unspecified atom stereocenters. The molecule has 2 amide bonds. The Morgan fingerprint density at radius 2 is 1.84 bits per heavy atom. The fourth-order valence-electron chi connectivity index (χ4n) is 6.95. The van der Waals surface area contributed by atoms with Gasteiger partial charge in [0, 0.05) is 74.4 Å². The SMILES string of the molecule is CN=CN=C(N)c1ccc(C2=CCN(C(=O)CN3CC[C@]4(CCN(c5ccc(N)c(C(=N)c6ccnc(C(C)(F)F)c6)c5)C4=O)C3)CC2)cc1. The number of aromatic nitrogens is 1. The Kier molecular flexibility index (Phi) is 9.61. The fourth-order valence-corrected chi connectivity index (χ4v) is 6.95. The molecule has 5 N–H and O–H groups in total. The number of aliphatic imine (C=N–C) groups is 2. The van der Waals surface area contributed by atoms with E-state index >= 15 is 0 Å². The van der Waals surface area contributed by atoms with Crippen LogP contribution in [0, 0.1) is 10.8 Å². The number of amidine groups is 1. The molecule has 1 atom stereocenters. The van der Waals surface area contributed by atoms with Crippen LogP contribution in [0.5, 0.6) is 0 Å². The second-order valence-corrected chi connectivity index (χ2v) is 13.2. The molecule has 1 spiro atoms. The second-order valence-electron chi connectivity index (χ2n) is 13.2. The zero-order valence-corrected chi connectivity index (χ0v) is 28.2. The van der Waals surface area contributed by atoms with Crippen molar-refractivity contribution in [3.63, 3.8) is 0 Å². The van der Waals surface area contributed by atoms with Gasteiger partial charge in [-0.1, -0.05) is 30.3 Å². The van der Waals surface area contributed by atoms with E-state index in [2.05, 4.69) is 25.9 Å². The average Bonchev–Trinajstić information content (AvgIpc) is 3.68. The molecule has 13 heteroatoms. The number of nitrogen functional groups attached to an aromatic ring is 1. The number of hydrogen-bond donors (Lipinski definition) is 3. The molecule has 3 aliphatic rings. The second kappa shape index (κ2) is 13.9. The lowest BCUT2D eigenvalue weighted by molar-refractivity contribution is -0.132. The van der Waals surface area contributed by atoms with Gasteiger partial charge in [-0.2, -0.15) is 8.78 Å². The van der Waals surface area contributed by atoms with Crippen molar-refractivity contribution in [2.45, 2.75) is 32.1 Å². The summed E-state index contributed by atoms with van der Waals surface area (Å²) in [5, 5.41) is 8.75. The summed E-state index contributed by atoms with van der Waals surface area (Å²) in [4.78, 5) is 44.6. The summed E-state index contributed by atoms with van der Waals surface area (Å²) in [5.41, 5.74) is 15.7. The van der Waals surface area contributed by atoms with Crippen molar-refractivity contribution < 1.29 is 18.4 Å². The minimum Gasteiger partial charge on any atom is -0.398 e. The summed E-state index contributed by atoms with van der Waals surface area (Å²) in [6.45, 7) is 3.78. The van der Waals surface area contributed by atoms with Crippen LogP contribution in [0.25, 0.3) is 5.57 Å². The maximum absolute atomic E-state index is 13.9. The number of benzene rings is 2. The molecule has 2 fully saturated rings. The van der Waals surface area contributed by atoms with Gasteiger partial charge in [0.25, 0.3) is 5.92 Å². The third kappa shape index (κ3) is 7.04. The topological polar surface area (TPSA) is 157 Å². The number of carbonyl (C=O) groups excluding carboxylic acids is 2. The van der Waals surface area contributed by atoms with E-state index in [0.717, 1.165) is 24.5 Å². The van der Waals surface area contributed by atoms with E-state index in [9.17, 15) is 18.4 Å². The van der Waals surface area contributed by atoms with E-state index in [0.29, 0.717) is 68.3 Å². The summed E-state index contributed by atoms with van der Waals surface area (Å²) in [7, 11) is 1.63. The van der Waals surface area contributed by atoms with E-state index in [4.69, 9.17) is 16.9 Å². The highest BCUT2D eigenvalue weighted by molar-refractivity contribution is 6.15. The molecule has 0 bridgehead atoms. The van der Waals surface area contributed by atoms with Gasteiger partial charge < -0.3 is 21.3 Å². The number of amides is 2. The highest BCUT2D eigenvalue weighted by Gasteiger charge is 2.51. The number of pyridine rings is 1. The largest absolute Gasteiger partial charge is 0.398 e. The van der Waals surface area contributed by atoms with Gasteiger partial charge in [0.2, 0.25) is 11.8 Å². The lowest BCUT2D eigenvalue weighted by Crippen LogP contribution is -2.43. The van der Waals surface area contributed by atoms with Crippen molar-refractivity contribution >= 4 is 46.6 Å². The fraction of sp³-hybridized carbons (Fsp3) is 0.351. The number of alkyl halides is 2. The number of nitrogens with two attached hydrogens (primary N) is 2. The molecule has 0 radical (unpaired) electrons. The van der Waals surface area contributed by atoms with E-state index < -0.39 is 17.0 Å². The van der Waals surface area contributed by atoms with Gasteiger partial charge in [-0.15, -0.1) is 0 Å². The Labute approximate surface area is 289 Å². The van der Waals surface area contributed by atoms with E-state index in [-0.39, 0.29) is 29.6 Å². The first-order chi connectivity index (χ1) is 23.9. The summed E-state index contributed by atoms with van der Waals surface area (Å²) < 4.78 is 27.8. The Morgan fingerprint density at radius 1 is 1.08 bits per heavy atom. The molecule has 0 saturated carbocycles. The maximum Gasteiger partial charge on any atom is 0.286 e. The van der Waals surface area contributed by atoms with Crippen LogP contribution in [0.2, 0.25) is 0 Å². The Bertz CT molecular complexity index is 1900. The van der Waals surface area contributed by atoms with Crippen LogP contribution in [0.3, 0.4) is 0 Å². The third-order valence-electron chi connectivity index (χ3n) is 9.85. The van der Waals surface area contributed by atoms with Crippen LogP contribution in [-0.2, 0) is 15.5 Å². The Hall–Kier alpha value is -5.30. The van der Waals surface area contributed by atoms with Crippen LogP contribution >= 0.6 is 0 Å². The number of nitrogens with one attached hydrogen (secondary N) is 1. The predicted octanol–water partition coefficient (Wildman–Crippen LogP) is 4.30. The highest BCUT2D eigenvalue weighted by atomic mass is 19.3. The van der Waals surface area contributed by atoms with Gasteiger partial charge in [0.15, 0.2) is 0 Å². The highest BCUT2D eigenvalue weighted by Crippen LogP contribution is 2.43. The molecule has 3 aliphatic heterocycles. The van der Waals surface area contributed by atoms with Crippen molar-refractivity contribution in [3.8, 4) is 0 Å². The van der Waals surface area contributed by atoms with Crippen molar-refractivity contribution in [2.24, 2.45) is 21.1 Å². The number of likely N-dealkylation sites (tertiary alicyclic amines) is 1. The minimum absolute atomic E-state index is 0.0189. The van der Waals surface area contributed by atoms with Crippen molar-refractivity contribution in [1.29, 1.82) is 5.41 Å². The molecule has 260 valence electrons. The molecule has 4 heterocycles. The third-order valence-corrected chi connectivity index (χ3v) is 9.85. The number of carbonyl (C=O) groups is 2. The number of halogens is 2. The zero-order chi connectivity index (χ0) is 35.6. The minimum atomic E-state index is -3.15. The van der Waals surface area contributed by atoms with E-state index in [1.165, 1.54) is 30.2 Å². The lowest BCUT2D eigenvalue weighted by atomic mass is 9.85. The predicted molar refractivity (Wildman–Crippen MR) is 192 cm³/mol. The molecular formula is C37H41F2N9O2. The first-order valence-electron chi connectivity index (χ1n) is 16.6. The molecule has 2 aromatic carbocycles. The van der Waals surface area contributed by atoms with Crippen LogP contribution in [0.15, 0.2) is 76.9 Å². The van der Waals surface area contributed by atoms with Crippen LogP contribution in [-0.4, -0.2) is 90.8 Å². The first-order valence-corrected chi connectivity index (χ1v) is 16.6. The summed E-state index contributed by atoms with van der Waals surface area (Å²) in [5.74, 6) is -2.74. The molecule has 2 saturated heterocycles. The molecule has 3 aromatic rings. The van der Waals surface area contributed by atoms with Gasteiger partial charge in [0.1, 0.15) is 17.9 Å². The Balaban J connectivity index is 1.06. The molecule has 1 aromatic heterocycles. The molecular weight excluding hydrogens is 640 g/mol. The number of hydrogen-bond acceptors (Lipinski definition) is 7.